The number of carbonyl (C=O) groups is 1. The van der Waals surface area contributed by atoms with E-state index < -0.39 is 23.9 Å². The highest BCUT2D eigenvalue weighted by molar-refractivity contribution is 5.75. The number of guanidine groups is 1. The number of carboxylic acid groups (broad SMARTS) is 1. The number of likely N-dealkylation sites (tertiary alicyclic amines) is 1. The number of aliphatic carboxylic acids is 1. The van der Waals surface area contributed by atoms with E-state index in [1.807, 2.05) is 12.2 Å². The summed E-state index contributed by atoms with van der Waals surface area (Å²) in [6, 6.07) is 3.38. The van der Waals surface area contributed by atoms with Crippen LogP contribution in [0.5, 0.6) is 5.75 Å². The fraction of sp³-hybridized carbons (Fsp3) is 0.478. The van der Waals surface area contributed by atoms with E-state index in [0.29, 0.717) is 19.4 Å². The molecule has 0 spiro atoms. The molecule has 1 unspecified atom stereocenters. The van der Waals surface area contributed by atoms with E-state index in [4.69, 9.17) is 30.3 Å². The van der Waals surface area contributed by atoms with Gasteiger partial charge < -0.3 is 25.0 Å². The van der Waals surface area contributed by atoms with Crippen molar-refractivity contribution in [1.82, 2.24) is 15.0 Å². The number of carboxylic acids is 1. The standard InChI is InChI=1S/C21H26F3N5O2.C2HF3O2/c1-2-3-4-5-6-12-30-17-10-9-14(13-15(17)21(22,23)24)18-27-19(31-28-18)16-8-7-11-29(16)20(25)26;3-2(4,5)1(6)7/h4-5,9-10,13,16H,2-3,6-8,11-12H2,1H3,(H3,25,26);(H,6,7). The first-order valence-electron chi connectivity index (χ1n) is 11.5. The summed E-state index contributed by atoms with van der Waals surface area (Å²) in [4.78, 5) is 14.8. The molecule has 1 aliphatic rings. The van der Waals surface area contributed by atoms with Crippen molar-refractivity contribution in [3.8, 4) is 17.1 Å². The fourth-order valence-corrected chi connectivity index (χ4v) is 3.46. The number of unbranched alkanes of at least 4 members (excludes halogenated alkanes) is 1. The molecule has 2 aromatic rings. The topological polar surface area (TPSA) is 139 Å². The van der Waals surface area contributed by atoms with Gasteiger partial charge in [0.25, 0.3) is 0 Å². The van der Waals surface area contributed by atoms with E-state index in [1.54, 1.807) is 4.90 Å². The number of nitrogens with two attached hydrogens (primary N) is 1. The van der Waals surface area contributed by atoms with Crippen molar-refractivity contribution in [2.75, 3.05) is 13.2 Å². The largest absolute Gasteiger partial charge is 0.493 e. The molecular formula is C23H27F6N5O4. The first kappa shape index (κ1) is 30.4. The first-order valence-corrected chi connectivity index (χ1v) is 11.5. The predicted molar refractivity (Wildman–Crippen MR) is 123 cm³/mol. The summed E-state index contributed by atoms with van der Waals surface area (Å²) in [5.41, 5.74) is 4.86. The van der Waals surface area contributed by atoms with Crippen molar-refractivity contribution in [2.45, 2.75) is 57.4 Å². The number of aromatic nitrogens is 2. The molecule has 2 heterocycles. The molecule has 1 aromatic heterocycles. The molecule has 1 fully saturated rings. The number of hydrogen-bond donors (Lipinski definition) is 3. The van der Waals surface area contributed by atoms with E-state index in [1.165, 1.54) is 12.1 Å². The maximum atomic E-state index is 13.6. The van der Waals surface area contributed by atoms with Crippen LogP contribution in [0.3, 0.4) is 0 Å². The second-order valence-electron chi connectivity index (χ2n) is 8.10. The second kappa shape index (κ2) is 13.1. The summed E-state index contributed by atoms with van der Waals surface area (Å²) in [5, 5.41) is 18.6. The van der Waals surface area contributed by atoms with E-state index in [-0.39, 0.29) is 41.6 Å². The maximum absolute atomic E-state index is 13.6. The minimum atomic E-state index is -5.08. The third-order valence-corrected chi connectivity index (χ3v) is 5.24. The highest BCUT2D eigenvalue weighted by atomic mass is 19.4. The number of halogens is 6. The summed E-state index contributed by atoms with van der Waals surface area (Å²) < 4.78 is 83.2. The van der Waals surface area contributed by atoms with Crippen LogP contribution in [0, 0.1) is 5.41 Å². The van der Waals surface area contributed by atoms with Gasteiger partial charge in [0.1, 0.15) is 11.8 Å². The van der Waals surface area contributed by atoms with Crippen LogP contribution in [0.2, 0.25) is 0 Å². The minimum Gasteiger partial charge on any atom is -0.493 e. The Morgan fingerprint density at radius 3 is 2.50 bits per heavy atom. The van der Waals surface area contributed by atoms with Crippen molar-refractivity contribution >= 4 is 11.9 Å². The third kappa shape index (κ3) is 8.66. The van der Waals surface area contributed by atoms with Crippen LogP contribution in [0.1, 0.15) is 56.5 Å². The zero-order valence-corrected chi connectivity index (χ0v) is 20.3. The Morgan fingerprint density at radius 2 is 1.92 bits per heavy atom. The van der Waals surface area contributed by atoms with Crippen LogP contribution in [-0.2, 0) is 11.0 Å². The molecule has 15 heteroatoms. The van der Waals surface area contributed by atoms with E-state index >= 15 is 0 Å². The molecule has 1 aromatic carbocycles. The summed E-state index contributed by atoms with van der Waals surface area (Å²) >= 11 is 0. The summed E-state index contributed by atoms with van der Waals surface area (Å²) in [5.74, 6) is -2.82. The Kier molecular flexibility index (Phi) is 10.5. The molecule has 3 rings (SSSR count). The fourth-order valence-electron chi connectivity index (χ4n) is 3.46. The lowest BCUT2D eigenvalue weighted by Gasteiger charge is -2.21. The van der Waals surface area contributed by atoms with Crippen molar-refractivity contribution in [2.24, 2.45) is 5.73 Å². The van der Waals surface area contributed by atoms with Gasteiger partial charge in [0.15, 0.2) is 5.96 Å². The van der Waals surface area contributed by atoms with Gasteiger partial charge in [0.05, 0.1) is 12.2 Å². The average molecular weight is 551 g/mol. The molecule has 1 saturated heterocycles. The molecule has 0 bridgehead atoms. The number of rotatable bonds is 8. The number of alkyl halides is 6. The zero-order valence-electron chi connectivity index (χ0n) is 20.3. The van der Waals surface area contributed by atoms with Gasteiger partial charge in [-0.3, -0.25) is 5.41 Å². The Labute approximate surface area is 213 Å². The quantitative estimate of drug-likeness (QED) is 0.128. The van der Waals surface area contributed by atoms with Gasteiger partial charge in [-0.1, -0.05) is 30.7 Å². The van der Waals surface area contributed by atoms with E-state index in [0.717, 1.165) is 25.3 Å². The van der Waals surface area contributed by atoms with Crippen LogP contribution in [-0.4, -0.2) is 51.4 Å². The lowest BCUT2D eigenvalue weighted by Crippen LogP contribution is -2.35. The average Bonchev–Trinajstić information content (AvgIpc) is 3.50. The molecule has 38 heavy (non-hydrogen) atoms. The molecule has 0 amide bonds. The molecular weight excluding hydrogens is 524 g/mol. The molecule has 1 atom stereocenters. The van der Waals surface area contributed by atoms with E-state index in [9.17, 15) is 26.3 Å². The van der Waals surface area contributed by atoms with Crippen molar-refractivity contribution < 1.29 is 45.5 Å². The Balaban J connectivity index is 0.000000638. The highest BCUT2D eigenvalue weighted by Gasteiger charge is 2.38. The van der Waals surface area contributed by atoms with Gasteiger partial charge in [-0.2, -0.15) is 31.3 Å². The van der Waals surface area contributed by atoms with Gasteiger partial charge in [-0.25, -0.2) is 4.79 Å². The molecule has 4 N–H and O–H groups in total. The van der Waals surface area contributed by atoms with Gasteiger partial charge in [0, 0.05) is 12.1 Å². The molecule has 9 nitrogen and oxygen atoms in total. The Hall–Kier alpha value is -3.78. The maximum Gasteiger partial charge on any atom is 0.490 e. The number of nitrogens with one attached hydrogen (secondary N) is 1. The minimum absolute atomic E-state index is 0.0463. The lowest BCUT2D eigenvalue weighted by molar-refractivity contribution is -0.192. The molecule has 210 valence electrons. The van der Waals surface area contributed by atoms with Crippen molar-refractivity contribution in [3.63, 3.8) is 0 Å². The Bertz CT molecular complexity index is 1120. The number of benzene rings is 1. The molecule has 0 radical (unpaired) electrons. The lowest BCUT2D eigenvalue weighted by atomic mass is 10.1. The monoisotopic (exact) mass is 551 g/mol. The summed E-state index contributed by atoms with van der Waals surface area (Å²) in [6.07, 6.45) is -1.83. The number of nitrogens with zero attached hydrogens (tertiary/aromatic N) is 3. The second-order valence-corrected chi connectivity index (χ2v) is 8.10. The summed E-state index contributed by atoms with van der Waals surface area (Å²) in [7, 11) is 0. The number of hydrogen-bond acceptors (Lipinski definition) is 6. The molecule has 1 aliphatic heterocycles. The van der Waals surface area contributed by atoms with Crippen molar-refractivity contribution in [1.29, 1.82) is 5.41 Å². The normalized spacial score (nSPS) is 15.9. The SMILES string of the molecule is CCCC=CCCOc1ccc(-c2noc(C3CCCN3C(=N)N)n2)cc1C(F)(F)F.O=C(O)C(F)(F)F. The third-order valence-electron chi connectivity index (χ3n) is 5.24. The van der Waals surface area contributed by atoms with Gasteiger partial charge in [-0.05, 0) is 43.9 Å². The number of ether oxygens (including phenoxy) is 1. The van der Waals surface area contributed by atoms with Gasteiger partial charge in [-0.15, -0.1) is 0 Å². The van der Waals surface area contributed by atoms with Crippen LogP contribution in [0.4, 0.5) is 26.3 Å². The van der Waals surface area contributed by atoms with Crippen LogP contribution in [0.25, 0.3) is 11.4 Å². The predicted octanol–water partition coefficient (Wildman–Crippen LogP) is 5.54. The van der Waals surface area contributed by atoms with E-state index in [2.05, 4.69) is 17.1 Å². The first-order chi connectivity index (χ1) is 17.8. The highest BCUT2D eigenvalue weighted by Crippen LogP contribution is 2.39. The summed E-state index contributed by atoms with van der Waals surface area (Å²) in [6.45, 7) is 2.80. The van der Waals surface area contributed by atoms with Crippen LogP contribution in [0.15, 0.2) is 34.9 Å². The number of allylic oxidation sites excluding steroid dienone is 1. The smallest absolute Gasteiger partial charge is 0.490 e. The van der Waals surface area contributed by atoms with Gasteiger partial charge in [0.2, 0.25) is 11.7 Å². The van der Waals surface area contributed by atoms with Crippen LogP contribution < -0.4 is 10.5 Å². The molecule has 0 saturated carbocycles. The van der Waals surface area contributed by atoms with Crippen molar-refractivity contribution in [3.05, 3.63) is 41.8 Å². The molecule has 0 aliphatic carbocycles. The Morgan fingerprint density at radius 1 is 1.26 bits per heavy atom. The van der Waals surface area contributed by atoms with Crippen LogP contribution >= 0.6 is 0 Å². The van der Waals surface area contributed by atoms with Gasteiger partial charge >= 0.3 is 18.3 Å². The zero-order chi connectivity index (χ0) is 28.5.